The molecule has 2 heterocycles. The summed E-state index contributed by atoms with van der Waals surface area (Å²) >= 11 is 5.84. The smallest absolute Gasteiger partial charge is 0.282 e. The third kappa shape index (κ3) is 3.24. The number of hydrogen-bond acceptors (Lipinski definition) is 5. The quantitative estimate of drug-likeness (QED) is 0.634. The maximum Gasteiger partial charge on any atom is 0.282 e. The van der Waals surface area contributed by atoms with Gasteiger partial charge in [0.2, 0.25) is 0 Å². The van der Waals surface area contributed by atoms with Crippen molar-refractivity contribution in [3.63, 3.8) is 0 Å². The third-order valence-corrected chi connectivity index (χ3v) is 3.69. The first kappa shape index (κ1) is 15.2. The van der Waals surface area contributed by atoms with E-state index in [0.717, 1.165) is 0 Å². The maximum absolute atomic E-state index is 12.4. The minimum absolute atomic E-state index is 0.0117. The standard InChI is InChI=1S/C15H12ClN3O4/c16-10-3-4-14(19(21)22)13(6-10)15(20)18-8-12(9-18)23-11-2-1-5-17-7-11/h1-7,12H,8-9H2. The number of hydrogen-bond donors (Lipinski definition) is 0. The molecule has 1 amide bonds. The molecule has 0 radical (unpaired) electrons. The highest BCUT2D eigenvalue weighted by Gasteiger charge is 2.35. The summed E-state index contributed by atoms with van der Waals surface area (Å²) in [5.41, 5.74) is -0.265. The number of ether oxygens (including phenoxy) is 1. The number of aromatic nitrogens is 1. The Bertz CT molecular complexity index is 748. The van der Waals surface area contributed by atoms with Gasteiger partial charge in [-0.2, -0.15) is 0 Å². The van der Waals surface area contributed by atoms with Crippen LogP contribution in [0.15, 0.2) is 42.7 Å². The first-order valence-electron chi connectivity index (χ1n) is 6.84. The van der Waals surface area contributed by atoms with Crippen molar-refractivity contribution in [3.05, 3.63) is 63.4 Å². The van der Waals surface area contributed by atoms with Gasteiger partial charge < -0.3 is 9.64 Å². The van der Waals surface area contributed by atoms with E-state index in [1.807, 2.05) is 0 Å². The molecular formula is C15H12ClN3O4. The van der Waals surface area contributed by atoms with Gasteiger partial charge in [-0.3, -0.25) is 19.9 Å². The van der Waals surface area contributed by atoms with Crippen molar-refractivity contribution in [2.75, 3.05) is 13.1 Å². The molecule has 8 heteroatoms. The molecule has 0 atom stereocenters. The number of pyridine rings is 1. The van der Waals surface area contributed by atoms with Crippen LogP contribution in [0.25, 0.3) is 0 Å². The molecular weight excluding hydrogens is 322 g/mol. The van der Waals surface area contributed by atoms with Gasteiger partial charge in [0.15, 0.2) is 0 Å². The Morgan fingerprint density at radius 2 is 2.17 bits per heavy atom. The van der Waals surface area contributed by atoms with Gasteiger partial charge in [-0.1, -0.05) is 11.6 Å². The summed E-state index contributed by atoms with van der Waals surface area (Å²) in [6.45, 7) is 0.717. The van der Waals surface area contributed by atoms with Crippen molar-refractivity contribution in [2.45, 2.75) is 6.10 Å². The number of nitrogens with zero attached hydrogens (tertiary/aromatic N) is 3. The Kier molecular flexibility index (Phi) is 4.12. The van der Waals surface area contributed by atoms with Crippen LogP contribution in [0.3, 0.4) is 0 Å². The number of nitro benzene ring substituents is 1. The van der Waals surface area contributed by atoms with Gasteiger partial charge in [0.25, 0.3) is 11.6 Å². The molecule has 0 unspecified atom stereocenters. The van der Waals surface area contributed by atoms with Crippen LogP contribution in [0.5, 0.6) is 5.75 Å². The lowest BCUT2D eigenvalue weighted by atomic mass is 10.1. The number of nitro groups is 1. The largest absolute Gasteiger partial charge is 0.485 e. The van der Waals surface area contributed by atoms with E-state index in [2.05, 4.69) is 4.98 Å². The molecule has 1 saturated heterocycles. The average Bonchev–Trinajstić information content (AvgIpc) is 2.50. The summed E-state index contributed by atoms with van der Waals surface area (Å²) < 4.78 is 5.65. The normalized spacial score (nSPS) is 14.2. The molecule has 23 heavy (non-hydrogen) atoms. The number of carbonyl (C=O) groups is 1. The molecule has 118 valence electrons. The lowest BCUT2D eigenvalue weighted by Gasteiger charge is -2.38. The van der Waals surface area contributed by atoms with E-state index in [-0.39, 0.29) is 22.4 Å². The fourth-order valence-corrected chi connectivity index (χ4v) is 2.47. The van der Waals surface area contributed by atoms with Gasteiger partial charge in [0.05, 0.1) is 24.2 Å². The summed E-state index contributed by atoms with van der Waals surface area (Å²) in [6, 6.07) is 7.47. The van der Waals surface area contributed by atoms with Crippen LogP contribution in [-0.4, -0.2) is 39.9 Å². The van der Waals surface area contributed by atoms with Crippen molar-refractivity contribution in [3.8, 4) is 5.75 Å². The molecule has 3 rings (SSSR count). The van der Waals surface area contributed by atoms with E-state index >= 15 is 0 Å². The molecule has 1 fully saturated rings. The molecule has 7 nitrogen and oxygen atoms in total. The molecule has 0 aliphatic carbocycles. The highest BCUT2D eigenvalue weighted by molar-refractivity contribution is 6.31. The predicted octanol–water partition coefficient (Wildman–Crippen LogP) is 2.55. The van der Waals surface area contributed by atoms with E-state index in [4.69, 9.17) is 16.3 Å². The van der Waals surface area contributed by atoms with Crippen LogP contribution in [0.4, 0.5) is 5.69 Å². The molecule has 0 saturated carbocycles. The van der Waals surface area contributed by atoms with Crippen LogP contribution >= 0.6 is 11.6 Å². The Hall–Kier alpha value is -2.67. The van der Waals surface area contributed by atoms with Crippen molar-refractivity contribution in [2.24, 2.45) is 0 Å². The van der Waals surface area contributed by atoms with Crippen LogP contribution in [0.1, 0.15) is 10.4 Å². The van der Waals surface area contributed by atoms with Crippen LogP contribution < -0.4 is 4.74 Å². The van der Waals surface area contributed by atoms with Crippen molar-refractivity contribution in [1.82, 2.24) is 9.88 Å². The minimum atomic E-state index is -0.590. The zero-order valence-corrected chi connectivity index (χ0v) is 12.6. The van der Waals surface area contributed by atoms with Gasteiger partial charge in [-0.25, -0.2) is 0 Å². The van der Waals surface area contributed by atoms with Crippen LogP contribution in [0.2, 0.25) is 5.02 Å². The van der Waals surface area contributed by atoms with E-state index in [1.165, 1.54) is 23.1 Å². The molecule has 0 bridgehead atoms. The molecule has 1 aromatic heterocycles. The summed E-state index contributed by atoms with van der Waals surface area (Å²) in [5.74, 6) is 0.198. The van der Waals surface area contributed by atoms with Crippen molar-refractivity contribution < 1.29 is 14.5 Å². The molecule has 0 spiro atoms. The number of rotatable bonds is 4. The third-order valence-electron chi connectivity index (χ3n) is 3.46. The second-order valence-corrected chi connectivity index (χ2v) is 5.49. The molecule has 0 N–H and O–H groups in total. The summed E-state index contributed by atoms with van der Waals surface area (Å²) in [4.78, 5) is 28.3. The Morgan fingerprint density at radius 1 is 1.39 bits per heavy atom. The van der Waals surface area contributed by atoms with Gasteiger partial charge in [-0.15, -0.1) is 0 Å². The number of carbonyl (C=O) groups excluding carboxylic acids is 1. The minimum Gasteiger partial charge on any atom is -0.485 e. The fraction of sp³-hybridized carbons (Fsp3) is 0.200. The van der Waals surface area contributed by atoms with E-state index in [1.54, 1.807) is 24.5 Å². The highest BCUT2D eigenvalue weighted by Crippen LogP contribution is 2.26. The topological polar surface area (TPSA) is 85.6 Å². The molecule has 1 aliphatic heterocycles. The van der Waals surface area contributed by atoms with Gasteiger partial charge >= 0.3 is 0 Å². The summed E-state index contributed by atoms with van der Waals surface area (Å²) in [6.07, 6.45) is 3.08. The zero-order valence-electron chi connectivity index (χ0n) is 11.9. The van der Waals surface area contributed by atoms with Crippen LogP contribution in [-0.2, 0) is 0 Å². The number of likely N-dealkylation sites (tertiary alicyclic amines) is 1. The second kappa shape index (κ2) is 6.21. The first-order valence-corrected chi connectivity index (χ1v) is 7.22. The summed E-state index contributed by atoms with van der Waals surface area (Å²) in [7, 11) is 0. The molecule has 1 aliphatic rings. The Morgan fingerprint density at radius 3 is 2.83 bits per heavy atom. The monoisotopic (exact) mass is 333 g/mol. The average molecular weight is 334 g/mol. The fourth-order valence-electron chi connectivity index (χ4n) is 2.30. The Balaban J connectivity index is 1.67. The highest BCUT2D eigenvalue weighted by atomic mass is 35.5. The molecule has 1 aromatic carbocycles. The predicted molar refractivity (Wildman–Crippen MR) is 82.7 cm³/mol. The Labute approximate surface area is 136 Å². The lowest BCUT2D eigenvalue weighted by molar-refractivity contribution is -0.385. The summed E-state index contributed by atoms with van der Waals surface area (Å²) in [5, 5.41) is 11.3. The number of amides is 1. The second-order valence-electron chi connectivity index (χ2n) is 5.06. The van der Waals surface area contributed by atoms with E-state index in [9.17, 15) is 14.9 Å². The van der Waals surface area contributed by atoms with Gasteiger partial charge in [0.1, 0.15) is 17.4 Å². The molecule has 2 aromatic rings. The van der Waals surface area contributed by atoms with Gasteiger partial charge in [-0.05, 0) is 24.3 Å². The first-order chi connectivity index (χ1) is 11.0. The van der Waals surface area contributed by atoms with Crippen LogP contribution in [0, 0.1) is 10.1 Å². The zero-order chi connectivity index (χ0) is 16.4. The number of halogens is 1. The van der Waals surface area contributed by atoms with E-state index in [0.29, 0.717) is 18.8 Å². The van der Waals surface area contributed by atoms with E-state index < -0.39 is 10.8 Å². The van der Waals surface area contributed by atoms with Crippen molar-refractivity contribution >= 4 is 23.2 Å². The van der Waals surface area contributed by atoms with Gasteiger partial charge in [0, 0.05) is 17.3 Å². The van der Waals surface area contributed by atoms with Crippen molar-refractivity contribution in [1.29, 1.82) is 0 Å². The SMILES string of the molecule is O=C(c1cc(Cl)ccc1[N+](=O)[O-])N1CC(Oc2cccnc2)C1. The number of benzene rings is 1. The maximum atomic E-state index is 12.4. The lowest BCUT2D eigenvalue weighted by Crippen LogP contribution is -2.56.